The van der Waals surface area contributed by atoms with Crippen molar-refractivity contribution in [3.8, 4) is 0 Å². The van der Waals surface area contributed by atoms with Gasteiger partial charge in [-0.05, 0) is 37.1 Å². The molecule has 1 aromatic rings. The Bertz CT molecular complexity index is 355. The maximum atomic E-state index is 4.63. The van der Waals surface area contributed by atoms with Crippen LogP contribution in [0.3, 0.4) is 0 Å². The van der Waals surface area contributed by atoms with Gasteiger partial charge in [-0.15, -0.1) is 0 Å². The number of nitrogens with one attached hydrogen (secondary N) is 1. The molecule has 0 unspecified atom stereocenters. The molecule has 0 aromatic carbocycles. The zero-order chi connectivity index (χ0) is 9.97. The zero-order valence-electron chi connectivity index (χ0n) is 8.64. The minimum Gasteiger partial charge on any atom is -0.316 e. The Morgan fingerprint density at radius 3 is 2.93 bits per heavy atom. The number of hydrogen-bond acceptors (Lipinski definition) is 2. The van der Waals surface area contributed by atoms with Gasteiger partial charge in [0.25, 0.3) is 0 Å². The second-order valence-electron chi connectivity index (χ2n) is 3.83. The summed E-state index contributed by atoms with van der Waals surface area (Å²) in [4.78, 5) is 4.63. The number of rotatable bonds is 1. The van der Waals surface area contributed by atoms with Crippen LogP contribution in [0, 0.1) is 0 Å². The number of nitrogens with zero attached hydrogens (tertiary/aromatic N) is 1. The van der Waals surface area contributed by atoms with Crippen LogP contribution in [-0.4, -0.2) is 18.1 Å². The molecule has 2 rings (SSSR count). The largest absolute Gasteiger partial charge is 0.316 e. The van der Waals surface area contributed by atoms with Crippen LogP contribution in [0.5, 0.6) is 0 Å². The quantitative estimate of drug-likeness (QED) is 0.727. The van der Waals surface area contributed by atoms with Crippen LogP contribution in [0.2, 0.25) is 0 Å². The fraction of sp³-hybridized carbons (Fsp3) is 0.417. The molecule has 0 spiro atoms. The summed E-state index contributed by atoms with van der Waals surface area (Å²) in [5, 5.41) is 3.38. The molecule has 2 heteroatoms. The second kappa shape index (κ2) is 3.93. The van der Waals surface area contributed by atoms with Crippen molar-refractivity contribution in [2.45, 2.75) is 19.8 Å². The van der Waals surface area contributed by atoms with E-state index in [1.54, 1.807) is 0 Å². The van der Waals surface area contributed by atoms with Gasteiger partial charge in [-0.3, -0.25) is 4.98 Å². The monoisotopic (exact) mass is 188 g/mol. The smallest absolute Gasteiger partial charge is 0.0656 e. The van der Waals surface area contributed by atoms with Crippen LogP contribution in [-0.2, 0) is 12.8 Å². The second-order valence-corrected chi connectivity index (χ2v) is 3.83. The van der Waals surface area contributed by atoms with Crippen molar-refractivity contribution >= 4 is 5.57 Å². The Morgan fingerprint density at radius 2 is 2.14 bits per heavy atom. The molecule has 0 amide bonds. The molecular weight excluding hydrogens is 172 g/mol. The molecule has 0 aliphatic carbocycles. The Balaban J connectivity index is 2.37. The van der Waals surface area contributed by atoms with E-state index in [4.69, 9.17) is 0 Å². The van der Waals surface area contributed by atoms with Gasteiger partial charge in [0.1, 0.15) is 0 Å². The van der Waals surface area contributed by atoms with E-state index in [1.807, 2.05) is 6.92 Å². The highest BCUT2D eigenvalue weighted by molar-refractivity contribution is 5.58. The van der Waals surface area contributed by atoms with Gasteiger partial charge in [-0.2, -0.15) is 0 Å². The van der Waals surface area contributed by atoms with E-state index in [0.29, 0.717) is 0 Å². The van der Waals surface area contributed by atoms with Crippen LogP contribution in [0.15, 0.2) is 18.7 Å². The van der Waals surface area contributed by atoms with Gasteiger partial charge >= 0.3 is 0 Å². The third kappa shape index (κ3) is 1.85. The Kier molecular flexibility index (Phi) is 2.64. The first-order valence-electron chi connectivity index (χ1n) is 5.13. The van der Waals surface area contributed by atoms with Crippen molar-refractivity contribution in [2.24, 2.45) is 0 Å². The number of fused-ring (bicyclic) bond motifs is 1. The van der Waals surface area contributed by atoms with E-state index in [-0.39, 0.29) is 0 Å². The van der Waals surface area contributed by atoms with Crippen molar-refractivity contribution in [1.82, 2.24) is 10.3 Å². The summed E-state index contributed by atoms with van der Waals surface area (Å²) in [5.74, 6) is 0. The van der Waals surface area contributed by atoms with Crippen LogP contribution in [0.25, 0.3) is 5.57 Å². The third-order valence-corrected chi connectivity index (χ3v) is 2.62. The average Bonchev–Trinajstić information content (AvgIpc) is 2.41. The third-order valence-electron chi connectivity index (χ3n) is 2.62. The molecule has 0 fully saturated rings. The van der Waals surface area contributed by atoms with E-state index in [2.05, 4.69) is 29.0 Å². The van der Waals surface area contributed by atoms with E-state index in [1.165, 1.54) is 11.3 Å². The van der Waals surface area contributed by atoms with Gasteiger partial charge in [-0.25, -0.2) is 0 Å². The Hall–Kier alpha value is -1.15. The number of aromatic nitrogens is 1. The molecule has 0 saturated heterocycles. The van der Waals surface area contributed by atoms with E-state index >= 15 is 0 Å². The lowest BCUT2D eigenvalue weighted by molar-refractivity contribution is 0.708. The molecule has 0 atom stereocenters. The normalized spacial score (nSPS) is 15.8. The highest BCUT2D eigenvalue weighted by Crippen LogP contribution is 2.15. The Labute approximate surface area is 85.1 Å². The summed E-state index contributed by atoms with van der Waals surface area (Å²) in [6, 6.07) is 4.27. The fourth-order valence-corrected chi connectivity index (χ4v) is 1.77. The summed E-state index contributed by atoms with van der Waals surface area (Å²) in [6.07, 6.45) is 2.13. The maximum absolute atomic E-state index is 4.63. The number of hydrogen-bond donors (Lipinski definition) is 1. The molecule has 0 saturated carbocycles. The maximum Gasteiger partial charge on any atom is 0.0656 e. The molecule has 0 bridgehead atoms. The van der Waals surface area contributed by atoms with Gasteiger partial charge < -0.3 is 5.32 Å². The molecule has 1 aromatic heterocycles. The predicted molar refractivity (Wildman–Crippen MR) is 59.2 cm³/mol. The summed E-state index contributed by atoms with van der Waals surface area (Å²) in [7, 11) is 0. The molecule has 2 heterocycles. The molecule has 1 N–H and O–H groups in total. The van der Waals surface area contributed by atoms with Crippen molar-refractivity contribution in [1.29, 1.82) is 0 Å². The lowest BCUT2D eigenvalue weighted by Crippen LogP contribution is -2.16. The topological polar surface area (TPSA) is 24.9 Å². The first kappa shape index (κ1) is 9.41. The zero-order valence-corrected chi connectivity index (χ0v) is 8.64. The Morgan fingerprint density at radius 1 is 1.36 bits per heavy atom. The molecule has 0 radical (unpaired) electrons. The predicted octanol–water partition coefficient (Wildman–Crippen LogP) is 1.80. The van der Waals surface area contributed by atoms with Crippen LogP contribution in [0.1, 0.15) is 23.9 Å². The highest BCUT2D eigenvalue weighted by Gasteiger charge is 2.09. The van der Waals surface area contributed by atoms with Gasteiger partial charge in [0.2, 0.25) is 0 Å². The summed E-state index contributed by atoms with van der Waals surface area (Å²) in [6.45, 7) is 8.04. The summed E-state index contributed by atoms with van der Waals surface area (Å²) < 4.78 is 0. The molecule has 74 valence electrons. The first-order chi connectivity index (χ1) is 6.77. The molecule has 1 aliphatic heterocycles. The van der Waals surface area contributed by atoms with Gasteiger partial charge in [0.15, 0.2) is 0 Å². The summed E-state index contributed by atoms with van der Waals surface area (Å²) in [5.41, 5.74) is 4.71. The number of pyridine rings is 1. The molecule has 2 nitrogen and oxygen atoms in total. The van der Waals surface area contributed by atoms with Crippen molar-refractivity contribution < 1.29 is 0 Å². The summed E-state index contributed by atoms with van der Waals surface area (Å²) >= 11 is 0. The van der Waals surface area contributed by atoms with Crippen molar-refractivity contribution in [3.63, 3.8) is 0 Å². The van der Waals surface area contributed by atoms with Crippen molar-refractivity contribution in [3.05, 3.63) is 35.7 Å². The van der Waals surface area contributed by atoms with Crippen LogP contribution < -0.4 is 5.32 Å². The standard InChI is InChI=1S/C12H16N2/c1-9(2)11-4-3-10-5-7-13-8-6-12(10)14-11/h3-4,13H,1,5-8H2,2H3. The lowest BCUT2D eigenvalue weighted by atomic mass is 10.1. The highest BCUT2D eigenvalue weighted by atomic mass is 14.9. The van der Waals surface area contributed by atoms with E-state index in [9.17, 15) is 0 Å². The van der Waals surface area contributed by atoms with Crippen molar-refractivity contribution in [2.75, 3.05) is 13.1 Å². The number of allylic oxidation sites excluding steroid dienone is 1. The minimum absolute atomic E-state index is 1.03. The average molecular weight is 188 g/mol. The van der Waals surface area contributed by atoms with E-state index < -0.39 is 0 Å². The van der Waals surface area contributed by atoms with Crippen LogP contribution in [0.4, 0.5) is 0 Å². The van der Waals surface area contributed by atoms with Gasteiger partial charge in [0.05, 0.1) is 5.69 Å². The SMILES string of the molecule is C=C(C)c1ccc2c(n1)CCNCC2. The van der Waals surface area contributed by atoms with Crippen LogP contribution >= 0.6 is 0 Å². The molecule has 14 heavy (non-hydrogen) atoms. The van der Waals surface area contributed by atoms with E-state index in [0.717, 1.165) is 37.2 Å². The first-order valence-corrected chi connectivity index (χ1v) is 5.13. The molecule has 1 aliphatic rings. The van der Waals surface area contributed by atoms with Gasteiger partial charge in [-0.1, -0.05) is 12.6 Å². The minimum atomic E-state index is 1.03. The fourth-order valence-electron chi connectivity index (χ4n) is 1.77. The molecular formula is C12H16N2. The van der Waals surface area contributed by atoms with Gasteiger partial charge in [0, 0.05) is 18.7 Å². The lowest BCUT2D eigenvalue weighted by Gasteiger charge is -2.06.